The van der Waals surface area contributed by atoms with Crippen molar-refractivity contribution in [1.29, 1.82) is 0 Å². The SMILES string of the molecule is CCCCC/C=C\C/C=C\CCCCCCCC(=O)OC/C=C(\C)CC/C=C(\C)CC[C@@H]1C(C)=CCCC1(C)C. The highest BCUT2D eigenvalue weighted by Crippen LogP contribution is 2.43. The molecular formula is C38H64O2. The molecule has 0 aliphatic heterocycles. The molecule has 0 amide bonds. The zero-order valence-corrected chi connectivity index (χ0v) is 27.4. The van der Waals surface area contributed by atoms with Gasteiger partial charge >= 0.3 is 5.97 Å². The number of hydrogen-bond acceptors (Lipinski definition) is 2. The second-order valence-electron chi connectivity index (χ2n) is 12.9. The summed E-state index contributed by atoms with van der Waals surface area (Å²) in [5.74, 6) is 0.659. The highest BCUT2D eigenvalue weighted by atomic mass is 16.5. The van der Waals surface area contributed by atoms with Crippen molar-refractivity contribution in [2.24, 2.45) is 11.3 Å². The summed E-state index contributed by atoms with van der Waals surface area (Å²) in [6, 6.07) is 0. The monoisotopic (exact) mass is 552 g/mol. The molecule has 0 aromatic carbocycles. The highest BCUT2D eigenvalue weighted by Gasteiger charge is 2.32. The normalized spacial score (nSPS) is 18.1. The van der Waals surface area contributed by atoms with Crippen LogP contribution in [0, 0.1) is 11.3 Å². The smallest absolute Gasteiger partial charge is 0.306 e. The Morgan fingerprint density at radius 3 is 2.20 bits per heavy atom. The molecule has 1 aliphatic rings. The van der Waals surface area contributed by atoms with Crippen LogP contribution in [0.1, 0.15) is 157 Å². The van der Waals surface area contributed by atoms with E-state index >= 15 is 0 Å². The maximum absolute atomic E-state index is 12.1. The zero-order chi connectivity index (χ0) is 29.5. The van der Waals surface area contributed by atoms with Crippen LogP contribution in [0.2, 0.25) is 0 Å². The van der Waals surface area contributed by atoms with Crippen molar-refractivity contribution in [3.63, 3.8) is 0 Å². The summed E-state index contributed by atoms with van der Waals surface area (Å²) in [5, 5.41) is 0. The van der Waals surface area contributed by atoms with Crippen LogP contribution >= 0.6 is 0 Å². The van der Waals surface area contributed by atoms with Crippen LogP contribution in [0.5, 0.6) is 0 Å². The first-order chi connectivity index (χ1) is 19.3. The first kappa shape index (κ1) is 36.2. The molecule has 0 unspecified atom stereocenters. The van der Waals surface area contributed by atoms with Gasteiger partial charge in [0.15, 0.2) is 0 Å². The van der Waals surface area contributed by atoms with Gasteiger partial charge in [0.2, 0.25) is 0 Å². The molecule has 0 aromatic heterocycles. The van der Waals surface area contributed by atoms with Gasteiger partial charge in [0.1, 0.15) is 6.61 Å². The summed E-state index contributed by atoms with van der Waals surface area (Å²) < 4.78 is 5.44. The van der Waals surface area contributed by atoms with Gasteiger partial charge in [0, 0.05) is 6.42 Å². The molecule has 0 bridgehead atoms. The van der Waals surface area contributed by atoms with Gasteiger partial charge in [-0.15, -0.1) is 0 Å². The van der Waals surface area contributed by atoms with E-state index in [2.05, 4.69) is 84.1 Å². The van der Waals surface area contributed by atoms with Gasteiger partial charge in [-0.3, -0.25) is 4.79 Å². The molecule has 2 nitrogen and oxygen atoms in total. The van der Waals surface area contributed by atoms with E-state index in [-0.39, 0.29) is 5.97 Å². The average Bonchev–Trinajstić information content (AvgIpc) is 2.90. The number of rotatable bonds is 22. The molecule has 2 heteroatoms. The summed E-state index contributed by atoms with van der Waals surface area (Å²) in [4.78, 5) is 12.1. The first-order valence-electron chi connectivity index (χ1n) is 16.7. The molecule has 0 aromatic rings. The fourth-order valence-corrected chi connectivity index (χ4v) is 5.78. The van der Waals surface area contributed by atoms with Gasteiger partial charge in [-0.1, -0.05) is 106 Å². The predicted octanol–water partition coefficient (Wildman–Crippen LogP) is 12.2. The minimum absolute atomic E-state index is 0.0551. The summed E-state index contributed by atoms with van der Waals surface area (Å²) in [5.41, 5.74) is 4.83. The Morgan fingerprint density at radius 2 is 1.50 bits per heavy atom. The van der Waals surface area contributed by atoms with Crippen LogP contribution in [0.3, 0.4) is 0 Å². The minimum atomic E-state index is -0.0551. The van der Waals surface area contributed by atoms with Crippen molar-refractivity contribution in [2.45, 2.75) is 157 Å². The molecular weight excluding hydrogens is 488 g/mol. The van der Waals surface area contributed by atoms with Crippen LogP contribution in [-0.4, -0.2) is 12.6 Å². The molecule has 0 N–H and O–H groups in total. The summed E-state index contributed by atoms with van der Waals surface area (Å²) >= 11 is 0. The molecule has 0 radical (unpaired) electrons. The fraction of sp³-hybridized carbons (Fsp3) is 0.711. The highest BCUT2D eigenvalue weighted by molar-refractivity contribution is 5.69. The molecule has 0 saturated heterocycles. The van der Waals surface area contributed by atoms with Crippen molar-refractivity contribution in [3.05, 3.63) is 59.3 Å². The number of ether oxygens (including phenoxy) is 1. The number of unbranched alkanes of at least 4 members (excludes halogenated alkanes) is 8. The summed E-state index contributed by atoms with van der Waals surface area (Å²) in [7, 11) is 0. The maximum atomic E-state index is 12.1. The Balaban J connectivity index is 2.04. The summed E-state index contributed by atoms with van der Waals surface area (Å²) in [6.45, 7) is 14.3. The average molecular weight is 553 g/mol. The molecule has 0 heterocycles. The fourth-order valence-electron chi connectivity index (χ4n) is 5.78. The van der Waals surface area contributed by atoms with Crippen LogP contribution in [0.15, 0.2) is 59.3 Å². The van der Waals surface area contributed by atoms with Crippen LogP contribution < -0.4 is 0 Å². The standard InChI is InChI=1S/C38H64O2/c1-7-8-9-10-11-12-13-14-15-16-17-18-19-20-21-27-37(39)40-32-30-34(3)25-22-24-33(2)28-29-36-35(4)26-23-31-38(36,5)6/h11-12,14-15,24,26,30,36H,7-10,13,16-23,25,27-29,31-32H2,1-6H3/b12-11-,15-14-,33-24+,34-30+/t36-/m1/s1. The lowest BCUT2D eigenvalue weighted by Gasteiger charge is -2.38. The number of allylic oxidation sites excluding steroid dienone is 9. The Kier molecular flexibility index (Phi) is 20.6. The van der Waals surface area contributed by atoms with Crippen molar-refractivity contribution >= 4 is 5.97 Å². The Labute approximate surface area is 249 Å². The molecule has 0 saturated carbocycles. The van der Waals surface area contributed by atoms with Crippen LogP contribution in [0.4, 0.5) is 0 Å². The Hall–Kier alpha value is -1.83. The number of esters is 1. The molecule has 40 heavy (non-hydrogen) atoms. The van der Waals surface area contributed by atoms with Gasteiger partial charge in [-0.05, 0) is 115 Å². The third-order valence-electron chi connectivity index (χ3n) is 8.61. The largest absolute Gasteiger partial charge is 0.461 e. The van der Waals surface area contributed by atoms with E-state index in [4.69, 9.17) is 4.74 Å². The Morgan fingerprint density at radius 1 is 0.850 bits per heavy atom. The van der Waals surface area contributed by atoms with Crippen molar-refractivity contribution in [3.8, 4) is 0 Å². The first-order valence-corrected chi connectivity index (χ1v) is 16.7. The van der Waals surface area contributed by atoms with E-state index in [0.717, 1.165) is 32.1 Å². The van der Waals surface area contributed by atoms with E-state index in [9.17, 15) is 4.79 Å². The predicted molar refractivity (Wildman–Crippen MR) is 177 cm³/mol. The number of carbonyl (C=O) groups is 1. The third kappa shape index (κ3) is 18.5. The number of hydrogen-bond donors (Lipinski definition) is 0. The van der Waals surface area contributed by atoms with Crippen molar-refractivity contribution in [1.82, 2.24) is 0 Å². The molecule has 1 atom stereocenters. The van der Waals surface area contributed by atoms with E-state index in [1.165, 1.54) is 88.2 Å². The van der Waals surface area contributed by atoms with Crippen LogP contribution in [-0.2, 0) is 9.53 Å². The molecule has 1 aliphatic carbocycles. The lowest BCUT2D eigenvalue weighted by Crippen LogP contribution is -2.27. The van der Waals surface area contributed by atoms with E-state index < -0.39 is 0 Å². The molecule has 228 valence electrons. The molecule has 0 spiro atoms. The lowest BCUT2D eigenvalue weighted by atomic mass is 9.67. The van der Waals surface area contributed by atoms with Gasteiger partial charge < -0.3 is 4.74 Å². The Bertz CT molecular complexity index is 820. The second kappa shape index (κ2) is 22.8. The topological polar surface area (TPSA) is 26.3 Å². The van der Waals surface area contributed by atoms with E-state index in [0.29, 0.717) is 24.4 Å². The zero-order valence-electron chi connectivity index (χ0n) is 27.4. The maximum Gasteiger partial charge on any atom is 0.306 e. The molecule has 0 fully saturated rings. The van der Waals surface area contributed by atoms with Gasteiger partial charge in [0.05, 0.1) is 0 Å². The van der Waals surface area contributed by atoms with Gasteiger partial charge in [-0.2, -0.15) is 0 Å². The second-order valence-corrected chi connectivity index (χ2v) is 12.9. The van der Waals surface area contributed by atoms with Gasteiger partial charge in [-0.25, -0.2) is 0 Å². The lowest BCUT2D eigenvalue weighted by molar-refractivity contribution is -0.142. The third-order valence-corrected chi connectivity index (χ3v) is 8.61. The van der Waals surface area contributed by atoms with Crippen LogP contribution in [0.25, 0.3) is 0 Å². The van der Waals surface area contributed by atoms with E-state index in [1.54, 1.807) is 5.57 Å². The summed E-state index contributed by atoms with van der Waals surface area (Å²) in [6.07, 6.45) is 37.0. The van der Waals surface area contributed by atoms with Gasteiger partial charge in [0.25, 0.3) is 0 Å². The minimum Gasteiger partial charge on any atom is -0.461 e. The molecule has 1 rings (SSSR count). The van der Waals surface area contributed by atoms with Crippen molar-refractivity contribution < 1.29 is 9.53 Å². The quantitative estimate of drug-likeness (QED) is 0.0758. The van der Waals surface area contributed by atoms with Crippen molar-refractivity contribution in [2.75, 3.05) is 6.61 Å². The number of carbonyl (C=O) groups excluding carboxylic acids is 1. The van der Waals surface area contributed by atoms with E-state index in [1.807, 2.05) is 0 Å².